The van der Waals surface area contributed by atoms with Crippen molar-refractivity contribution in [2.45, 2.75) is 33.1 Å². The highest BCUT2D eigenvalue weighted by Gasteiger charge is 2.10. The Bertz CT molecular complexity index is 571. The fraction of sp³-hybridized carbons (Fsp3) is 0.429. The van der Waals surface area contributed by atoms with E-state index in [0.717, 1.165) is 11.4 Å². The number of aliphatic hydroxyl groups is 1. The van der Waals surface area contributed by atoms with Crippen LogP contribution in [0.5, 0.6) is 0 Å². The van der Waals surface area contributed by atoms with Crippen LogP contribution in [-0.4, -0.2) is 32.6 Å². The fourth-order valence-corrected chi connectivity index (χ4v) is 2.10. The van der Waals surface area contributed by atoms with Crippen LogP contribution in [0, 0.1) is 13.8 Å². The molecule has 0 spiro atoms. The molecule has 0 radical (unpaired) electrons. The van der Waals surface area contributed by atoms with E-state index in [1.807, 2.05) is 38.1 Å². The van der Waals surface area contributed by atoms with Gasteiger partial charge < -0.3 is 9.84 Å². The number of nitrogens with zero attached hydrogens (tertiary/aromatic N) is 3. The van der Waals surface area contributed by atoms with Crippen LogP contribution in [0.1, 0.15) is 17.2 Å². The highest BCUT2D eigenvalue weighted by Crippen LogP contribution is 2.15. The molecule has 2 rings (SSSR count). The SMILES string of the molecule is Cc1nc(C)n(CC(O)COCc2ccccc2Cl)n1. The zero-order valence-electron chi connectivity index (χ0n) is 11.6. The van der Waals surface area contributed by atoms with E-state index in [9.17, 15) is 5.11 Å². The van der Waals surface area contributed by atoms with Gasteiger partial charge in [0.15, 0.2) is 0 Å². The third-order valence-corrected chi connectivity index (χ3v) is 3.24. The Kier molecular flexibility index (Phi) is 5.11. The zero-order chi connectivity index (χ0) is 14.5. The molecule has 1 aromatic carbocycles. The number of ether oxygens (including phenoxy) is 1. The van der Waals surface area contributed by atoms with Gasteiger partial charge >= 0.3 is 0 Å². The first-order valence-corrected chi connectivity index (χ1v) is 6.81. The second-order valence-electron chi connectivity index (χ2n) is 4.65. The molecule has 0 amide bonds. The predicted octanol–water partition coefficient (Wildman–Crippen LogP) is 2.13. The first-order chi connectivity index (χ1) is 9.56. The average molecular weight is 296 g/mol. The second kappa shape index (κ2) is 6.83. The Hall–Kier alpha value is -1.43. The fourth-order valence-electron chi connectivity index (χ4n) is 1.91. The summed E-state index contributed by atoms with van der Waals surface area (Å²) in [5, 5.41) is 14.8. The lowest BCUT2D eigenvalue weighted by atomic mass is 10.2. The number of halogens is 1. The molecule has 1 unspecified atom stereocenters. The van der Waals surface area contributed by atoms with Crippen molar-refractivity contribution in [1.29, 1.82) is 0 Å². The highest BCUT2D eigenvalue weighted by atomic mass is 35.5. The molecule has 108 valence electrons. The minimum Gasteiger partial charge on any atom is -0.389 e. The molecule has 6 heteroatoms. The highest BCUT2D eigenvalue weighted by molar-refractivity contribution is 6.31. The van der Waals surface area contributed by atoms with E-state index in [-0.39, 0.29) is 6.61 Å². The minimum atomic E-state index is -0.628. The Balaban J connectivity index is 1.80. The van der Waals surface area contributed by atoms with Crippen LogP contribution in [0.25, 0.3) is 0 Å². The summed E-state index contributed by atoms with van der Waals surface area (Å²) in [7, 11) is 0. The van der Waals surface area contributed by atoms with Crippen LogP contribution in [0.3, 0.4) is 0 Å². The van der Waals surface area contributed by atoms with E-state index in [1.54, 1.807) is 4.68 Å². The van der Waals surface area contributed by atoms with Gasteiger partial charge in [-0.2, -0.15) is 5.10 Å². The molecule has 0 aliphatic heterocycles. The molecule has 1 aromatic heterocycles. The van der Waals surface area contributed by atoms with Crippen LogP contribution >= 0.6 is 11.6 Å². The maximum Gasteiger partial charge on any atom is 0.147 e. The van der Waals surface area contributed by atoms with Gasteiger partial charge in [-0.1, -0.05) is 29.8 Å². The lowest BCUT2D eigenvalue weighted by Gasteiger charge is -2.12. The van der Waals surface area contributed by atoms with Crippen LogP contribution in [0.4, 0.5) is 0 Å². The molecule has 0 saturated carbocycles. The Morgan fingerprint density at radius 2 is 2.10 bits per heavy atom. The van der Waals surface area contributed by atoms with Crippen molar-refractivity contribution < 1.29 is 9.84 Å². The lowest BCUT2D eigenvalue weighted by Crippen LogP contribution is -2.23. The van der Waals surface area contributed by atoms with E-state index in [2.05, 4.69) is 10.1 Å². The topological polar surface area (TPSA) is 60.2 Å². The van der Waals surface area contributed by atoms with Gasteiger partial charge in [0.05, 0.1) is 25.9 Å². The maximum absolute atomic E-state index is 9.94. The first kappa shape index (κ1) is 15.0. The largest absolute Gasteiger partial charge is 0.389 e. The standard InChI is InChI=1S/C14H18ClN3O2/c1-10-16-11(2)18(17-10)7-13(19)9-20-8-12-5-3-4-6-14(12)15/h3-6,13,19H,7-9H2,1-2H3. The van der Waals surface area contributed by atoms with E-state index < -0.39 is 6.10 Å². The Morgan fingerprint density at radius 3 is 2.75 bits per heavy atom. The lowest BCUT2D eigenvalue weighted by molar-refractivity contribution is 0.0183. The monoisotopic (exact) mass is 295 g/mol. The van der Waals surface area contributed by atoms with Gasteiger partial charge in [0.1, 0.15) is 11.6 Å². The molecule has 2 aromatic rings. The molecule has 1 atom stereocenters. The summed E-state index contributed by atoms with van der Waals surface area (Å²) in [6, 6.07) is 7.50. The summed E-state index contributed by atoms with van der Waals surface area (Å²) in [6.07, 6.45) is -0.628. The van der Waals surface area contributed by atoms with Crippen LogP contribution in [0.15, 0.2) is 24.3 Å². The molecule has 0 aliphatic rings. The van der Waals surface area contributed by atoms with Crippen LogP contribution in [0.2, 0.25) is 5.02 Å². The molecular weight excluding hydrogens is 278 g/mol. The van der Waals surface area contributed by atoms with Crippen molar-refractivity contribution in [3.63, 3.8) is 0 Å². The van der Waals surface area contributed by atoms with Gasteiger partial charge in [0, 0.05) is 5.02 Å². The Morgan fingerprint density at radius 1 is 1.35 bits per heavy atom. The van der Waals surface area contributed by atoms with Crippen molar-refractivity contribution in [2.75, 3.05) is 6.61 Å². The minimum absolute atomic E-state index is 0.226. The summed E-state index contributed by atoms with van der Waals surface area (Å²) in [5.74, 6) is 1.49. The molecular formula is C14H18ClN3O2. The summed E-state index contributed by atoms with van der Waals surface area (Å²) >= 11 is 6.03. The van der Waals surface area contributed by atoms with Gasteiger partial charge in [0.2, 0.25) is 0 Å². The molecule has 1 N–H and O–H groups in total. The van der Waals surface area contributed by atoms with E-state index in [0.29, 0.717) is 24.0 Å². The third kappa shape index (κ3) is 4.03. The van der Waals surface area contributed by atoms with Gasteiger partial charge in [0.25, 0.3) is 0 Å². The Labute approximate surface area is 123 Å². The number of hydrogen-bond acceptors (Lipinski definition) is 4. The van der Waals surface area contributed by atoms with Crippen molar-refractivity contribution in [2.24, 2.45) is 0 Å². The molecule has 20 heavy (non-hydrogen) atoms. The zero-order valence-corrected chi connectivity index (χ0v) is 12.3. The van der Waals surface area contributed by atoms with Crippen molar-refractivity contribution in [3.05, 3.63) is 46.5 Å². The van der Waals surface area contributed by atoms with Crippen molar-refractivity contribution in [3.8, 4) is 0 Å². The molecule has 0 saturated heterocycles. The number of aliphatic hydroxyl groups excluding tert-OH is 1. The van der Waals surface area contributed by atoms with Gasteiger partial charge in [-0.25, -0.2) is 9.67 Å². The van der Waals surface area contributed by atoms with Gasteiger partial charge in [-0.15, -0.1) is 0 Å². The van der Waals surface area contributed by atoms with Crippen molar-refractivity contribution >= 4 is 11.6 Å². The van der Waals surface area contributed by atoms with E-state index >= 15 is 0 Å². The maximum atomic E-state index is 9.94. The third-order valence-electron chi connectivity index (χ3n) is 2.87. The summed E-state index contributed by atoms with van der Waals surface area (Å²) in [5.41, 5.74) is 0.911. The van der Waals surface area contributed by atoms with Crippen molar-refractivity contribution in [1.82, 2.24) is 14.8 Å². The normalized spacial score (nSPS) is 12.6. The molecule has 0 aliphatic carbocycles. The number of rotatable bonds is 6. The van der Waals surface area contributed by atoms with Crippen LogP contribution < -0.4 is 0 Å². The second-order valence-corrected chi connectivity index (χ2v) is 5.06. The summed E-state index contributed by atoms with van der Waals surface area (Å²) < 4.78 is 7.16. The molecule has 1 heterocycles. The molecule has 0 fully saturated rings. The number of hydrogen-bond donors (Lipinski definition) is 1. The summed E-state index contributed by atoms with van der Waals surface area (Å²) in [4.78, 5) is 4.19. The molecule has 0 bridgehead atoms. The van der Waals surface area contributed by atoms with Gasteiger partial charge in [-0.3, -0.25) is 0 Å². The van der Waals surface area contributed by atoms with E-state index in [4.69, 9.17) is 16.3 Å². The summed E-state index contributed by atoms with van der Waals surface area (Å²) in [6.45, 7) is 4.66. The number of aromatic nitrogens is 3. The average Bonchev–Trinajstić information content (AvgIpc) is 2.70. The van der Waals surface area contributed by atoms with E-state index in [1.165, 1.54) is 0 Å². The molecule has 5 nitrogen and oxygen atoms in total. The van der Waals surface area contributed by atoms with Gasteiger partial charge in [-0.05, 0) is 25.5 Å². The van der Waals surface area contributed by atoms with Crippen LogP contribution in [-0.2, 0) is 17.9 Å². The quantitative estimate of drug-likeness (QED) is 0.887. The number of aryl methyl sites for hydroxylation is 2. The smallest absolute Gasteiger partial charge is 0.147 e. The predicted molar refractivity (Wildman–Crippen MR) is 76.6 cm³/mol. The first-order valence-electron chi connectivity index (χ1n) is 6.43. The number of benzene rings is 1.